The fourth-order valence-electron chi connectivity index (χ4n) is 2.55. The number of fused-ring (bicyclic) bond motifs is 1. The van der Waals surface area contributed by atoms with Crippen molar-refractivity contribution in [3.8, 4) is 11.5 Å². The minimum atomic E-state index is -0.161. The maximum Gasteiger partial charge on any atom is 0.231 e. The Morgan fingerprint density at radius 1 is 1.22 bits per heavy atom. The number of rotatable bonds is 3. The second kappa shape index (κ2) is 6.18. The van der Waals surface area contributed by atoms with E-state index < -0.39 is 0 Å². The van der Waals surface area contributed by atoms with Crippen molar-refractivity contribution in [2.24, 2.45) is 0 Å². The number of hydrogen-bond acceptors (Lipinski definition) is 3. The van der Waals surface area contributed by atoms with Crippen molar-refractivity contribution in [3.63, 3.8) is 0 Å². The molecule has 4 nitrogen and oxygen atoms in total. The van der Waals surface area contributed by atoms with Crippen LogP contribution in [-0.2, 0) is 6.54 Å². The van der Waals surface area contributed by atoms with Crippen LogP contribution in [0, 0.1) is 0 Å². The van der Waals surface area contributed by atoms with E-state index >= 15 is 0 Å². The third-order valence-electron chi connectivity index (χ3n) is 3.64. The van der Waals surface area contributed by atoms with E-state index in [0.717, 1.165) is 14.9 Å². The molecule has 2 aromatic carbocycles. The lowest BCUT2D eigenvalue weighted by Crippen LogP contribution is -3.04. The van der Waals surface area contributed by atoms with Crippen molar-refractivity contribution in [1.82, 2.24) is 0 Å². The molecule has 1 aliphatic heterocycles. The maximum atomic E-state index is 12.6. The van der Waals surface area contributed by atoms with E-state index in [1.807, 2.05) is 38.4 Å². The van der Waals surface area contributed by atoms with Gasteiger partial charge in [-0.15, -0.1) is 0 Å². The Labute approximate surface area is 143 Å². The number of carbonyl (C=O) groups is 1. The first-order valence-electron chi connectivity index (χ1n) is 7.30. The summed E-state index contributed by atoms with van der Waals surface area (Å²) < 4.78 is 6.70. The summed E-state index contributed by atoms with van der Waals surface area (Å²) in [6, 6.07) is 10.8. The molecule has 0 aliphatic carbocycles. The number of carbonyl (C=O) groups excluding carboxylic acids is 1. The minimum absolute atomic E-state index is 0.153. The van der Waals surface area contributed by atoms with Crippen LogP contribution in [0.2, 0.25) is 0 Å². The van der Waals surface area contributed by atoms with Crippen molar-refractivity contribution < 1.29 is 19.5 Å². The lowest BCUT2D eigenvalue weighted by molar-refractivity contribution is -0.872. The van der Waals surface area contributed by atoms with Crippen molar-refractivity contribution in [3.05, 3.63) is 63.3 Å². The lowest BCUT2D eigenvalue weighted by atomic mass is 10.0. The Bertz CT molecular complexity index is 812. The molecule has 0 unspecified atom stereocenters. The summed E-state index contributed by atoms with van der Waals surface area (Å²) in [6.45, 7) is 0.574. The molecule has 0 radical (unpaired) electrons. The molecule has 0 aromatic heterocycles. The Morgan fingerprint density at radius 3 is 2.65 bits per heavy atom. The molecule has 2 aromatic rings. The molecule has 5 heteroatoms. The molecule has 0 bridgehead atoms. The van der Waals surface area contributed by atoms with E-state index in [4.69, 9.17) is 4.74 Å². The van der Waals surface area contributed by atoms with Crippen LogP contribution >= 0.6 is 15.9 Å². The van der Waals surface area contributed by atoms with Crippen LogP contribution < -0.4 is 9.64 Å². The van der Waals surface area contributed by atoms with Gasteiger partial charge in [-0.25, -0.2) is 0 Å². The smallest absolute Gasteiger partial charge is 0.231 e. The normalized spacial score (nSPS) is 15.1. The van der Waals surface area contributed by atoms with E-state index in [0.29, 0.717) is 23.4 Å². The number of nitrogens with one attached hydrogen (secondary N) is 1. The molecular formula is C18H17BrNO3+. The van der Waals surface area contributed by atoms with Crippen LogP contribution in [0.15, 0.2) is 46.6 Å². The highest BCUT2D eigenvalue weighted by Gasteiger charge is 2.32. The molecule has 0 saturated heterocycles. The van der Waals surface area contributed by atoms with E-state index in [-0.39, 0.29) is 17.3 Å². The van der Waals surface area contributed by atoms with Gasteiger partial charge in [0.1, 0.15) is 12.3 Å². The van der Waals surface area contributed by atoms with Crippen molar-refractivity contribution in [2.75, 3.05) is 14.1 Å². The van der Waals surface area contributed by atoms with Gasteiger partial charge >= 0.3 is 0 Å². The second-order valence-corrected chi connectivity index (χ2v) is 6.64. The second-order valence-electron chi connectivity index (χ2n) is 5.79. The Balaban J connectivity index is 2.04. The highest BCUT2D eigenvalue weighted by molar-refractivity contribution is 9.10. The zero-order chi connectivity index (χ0) is 16.6. The number of phenols is 1. The van der Waals surface area contributed by atoms with E-state index in [9.17, 15) is 9.90 Å². The number of hydrogen-bond donors (Lipinski definition) is 2. The molecule has 0 fully saturated rings. The standard InChI is InChI=1S/C18H16BrNO3/c1-20(2)10-13-15(21)8-7-12-17(22)16(23-18(12)13)9-11-5-3-4-6-14(11)19/h3-9,21H,10H2,1-2H3/p+1/b16-9-. The zero-order valence-electron chi connectivity index (χ0n) is 12.9. The van der Waals surface area contributed by atoms with Crippen molar-refractivity contribution in [2.45, 2.75) is 6.54 Å². The van der Waals surface area contributed by atoms with E-state index in [1.54, 1.807) is 18.2 Å². The van der Waals surface area contributed by atoms with Crippen LogP contribution in [-0.4, -0.2) is 25.0 Å². The third kappa shape index (κ3) is 3.02. The molecule has 23 heavy (non-hydrogen) atoms. The van der Waals surface area contributed by atoms with Gasteiger partial charge in [-0.2, -0.15) is 0 Å². The lowest BCUT2D eigenvalue weighted by Gasteiger charge is -2.12. The molecule has 2 N–H and O–H groups in total. The predicted octanol–water partition coefficient (Wildman–Crippen LogP) is 2.42. The highest BCUT2D eigenvalue weighted by atomic mass is 79.9. The van der Waals surface area contributed by atoms with Crippen LogP contribution in [0.25, 0.3) is 6.08 Å². The van der Waals surface area contributed by atoms with Gasteiger partial charge in [0.2, 0.25) is 5.78 Å². The Kier molecular flexibility index (Phi) is 4.24. The maximum absolute atomic E-state index is 12.6. The first-order chi connectivity index (χ1) is 11.0. The summed E-state index contributed by atoms with van der Waals surface area (Å²) in [5.41, 5.74) is 2.02. The van der Waals surface area contributed by atoms with Crippen LogP contribution in [0.5, 0.6) is 11.5 Å². The minimum Gasteiger partial charge on any atom is -0.507 e. The topological polar surface area (TPSA) is 51.0 Å². The first kappa shape index (κ1) is 15.8. The summed E-state index contributed by atoms with van der Waals surface area (Å²) in [5.74, 6) is 0.729. The quantitative estimate of drug-likeness (QED) is 0.811. The van der Waals surface area contributed by atoms with Gasteiger partial charge in [-0.05, 0) is 29.8 Å². The van der Waals surface area contributed by atoms with Gasteiger partial charge in [0, 0.05) is 4.47 Å². The average Bonchev–Trinajstić information content (AvgIpc) is 2.81. The van der Waals surface area contributed by atoms with Gasteiger partial charge in [0.05, 0.1) is 25.2 Å². The molecule has 0 saturated carbocycles. The summed E-state index contributed by atoms with van der Waals surface area (Å²) in [4.78, 5) is 13.7. The first-order valence-corrected chi connectivity index (χ1v) is 8.09. The summed E-state index contributed by atoms with van der Waals surface area (Å²) >= 11 is 3.46. The monoisotopic (exact) mass is 374 g/mol. The fourth-order valence-corrected chi connectivity index (χ4v) is 2.95. The fraction of sp³-hybridized carbons (Fsp3) is 0.167. The molecular weight excluding hydrogens is 358 g/mol. The largest absolute Gasteiger partial charge is 0.507 e. The van der Waals surface area contributed by atoms with Crippen LogP contribution in [0.1, 0.15) is 21.5 Å². The van der Waals surface area contributed by atoms with Gasteiger partial charge in [-0.1, -0.05) is 34.1 Å². The van der Waals surface area contributed by atoms with E-state index in [1.165, 1.54) is 0 Å². The number of Topliss-reactive ketones (excluding diaryl/α,β-unsaturated/α-hetero) is 1. The molecule has 118 valence electrons. The Morgan fingerprint density at radius 2 is 1.96 bits per heavy atom. The number of allylic oxidation sites excluding steroid dienone is 1. The summed E-state index contributed by atoms with van der Waals surface area (Å²) in [6.07, 6.45) is 1.72. The molecule has 0 spiro atoms. The van der Waals surface area contributed by atoms with Crippen molar-refractivity contribution >= 4 is 27.8 Å². The van der Waals surface area contributed by atoms with Gasteiger partial charge in [0.15, 0.2) is 11.5 Å². The highest BCUT2D eigenvalue weighted by Crippen LogP contribution is 2.39. The number of quaternary nitrogens is 1. The van der Waals surface area contributed by atoms with Crippen LogP contribution in [0.4, 0.5) is 0 Å². The summed E-state index contributed by atoms with van der Waals surface area (Å²) in [5, 5.41) is 10.1. The number of halogens is 1. The number of benzene rings is 2. The molecule has 0 amide bonds. The number of ether oxygens (including phenoxy) is 1. The van der Waals surface area contributed by atoms with Crippen molar-refractivity contribution in [1.29, 1.82) is 0 Å². The molecule has 0 atom stereocenters. The number of phenolic OH excluding ortho intramolecular Hbond substituents is 1. The van der Waals surface area contributed by atoms with Gasteiger partial charge in [-0.3, -0.25) is 4.79 Å². The zero-order valence-corrected chi connectivity index (χ0v) is 14.5. The Hall–Kier alpha value is -2.11. The van der Waals surface area contributed by atoms with Gasteiger partial charge < -0.3 is 14.7 Å². The molecule has 3 rings (SSSR count). The SMILES string of the molecule is C[NH+](C)Cc1c(O)ccc2c1O/C(=C\c1ccccc1Br)C2=O. The predicted molar refractivity (Wildman–Crippen MR) is 91.7 cm³/mol. The summed E-state index contributed by atoms with van der Waals surface area (Å²) in [7, 11) is 3.96. The van der Waals surface area contributed by atoms with Crippen LogP contribution in [0.3, 0.4) is 0 Å². The molecule has 1 heterocycles. The van der Waals surface area contributed by atoms with E-state index in [2.05, 4.69) is 15.9 Å². The molecule has 1 aliphatic rings. The average molecular weight is 375 g/mol. The number of ketones is 1. The third-order valence-corrected chi connectivity index (χ3v) is 4.36. The van der Waals surface area contributed by atoms with Gasteiger partial charge in [0.25, 0.3) is 0 Å². The number of aromatic hydroxyl groups is 1.